The third-order valence-corrected chi connectivity index (χ3v) is 3.80. The van der Waals surface area contributed by atoms with Gasteiger partial charge >= 0.3 is 5.97 Å². The second-order valence-corrected chi connectivity index (χ2v) is 5.50. The average Bonchev–Trinajstić information content (AvgIpc) is 2.54. The number of nitrogens with one attached hydrogen (secondary N) is 1. The normalized spacial score (nSPS) is 10.9. The Hall–Kier alpha value is -3.09. The fourth-order valence-electron chi connectivity index (χ4n) is 2.65. The number of halogens is 3. The topological polar surface area (TPSA) is 62.2 Å². The van der Waals surface area contributed by atoms with Crippen LogP contribution in [0, 0.1) is 24.4 Å². The van der Waals surface area contributed by atoms with Crippen LogP contribution in [0.4, 0.5) is 24.5 Å². The van der Waals surface area contributed by atoms with Gasteiger partial charge in [-0.1, -0.05) is 6.07 Å². The second kappa shape index (κ2) is 6.43. The summed E-state index contributed by atoms with van der Waals surface area (Å²) in [7, 11) is 0. The smallest absolute Gasteiger partial charge is 0.307 e. The van der Waals surface area contributed by atoms with Crippen LogP contribution >= 0.6 is 0 Å². The summed E-state index contributed by atoms with van der Waals surface area (Å²) in [5.41, 5.74) is 0.667. The molecule has 0 unspecified atom stereocenters. The van der Waals surface area contributed by atoms with E-state index in [0.717, 1.165) is 18.2 Å². The molecule has 0 atom stereocenters. The van der Waals surface area contributed by atoms with E-state index in [1.807, 2.05) is 0 Å². The van der Waals surface area contributed by atoms with Crippen molar-refractivity contribution in [3.63, 3.8) is 0 Å². The van der Waals surface area contributed by atoms with Gasteiger partial charge in [-0.05, 0) is 37.3 Å². The van der Waals surface area contributed by atoms with Crippen LogP contribution in [-0.2, 0) is 11.2 Å². The number of hydrogen-bond acceptors (Lipinski definition) is 3. The van der Waals surface area contributed by atoms with Crippen LogP contribution in [0.25, 0.3) is 10.9 Å². The van der Waals surface area contributed by atoms with Crippen LogP contribution in [-0.4, -0.2) is 16.1 Å². The maximum absolute atomic E-state index is 14.0. The van der Waals surface area contributed by atoms with E-state index in [0.29, 0.717) is 11.2 Å². The number of benzene rings is 2. The number of aliphatic carboxylic acids is 1. The largest absolute Gasteiger partial charge is 0.481 e. The third kappa shape index (κ3) is 3.26. The first-order chi connectivity index (χ1) is 11.9. The van der Waals surface area contributed by atoms with Gasteiger partial charge in [0.05, 0.1) is 17.6 Å². The molecule has 3 aromatic rings. The molecule has 0 bridgehead atoms. The van der Waals surface area contributed by atoms with Gasteiger partial charge in [0.2, 0.25) is 0 Å². The molecule has 0 spiro atoms. The molecule has 7 heteroatoms. The Bertz CT molecular complexity index is 969. The average molecular weight is 346 g/mol. The summed E-state index contributed by atoms with van der Waals surface area (Å²) in [6, 6.07) is 7.13. The molecule has 0 radical (unpaired) electrons. The molecular formula is C18H13F3N2O2. The van der Waals surface area contributed by atoms with Crippen molar-refractivity contribution in [2.45, 2.75) is 13.3 Å². The number of aromatic nitrogens is 1. The monoisotopic (exact) mass is 346 g/mol. The van der Waals surface area contributed by atoms with Gasteiger partial charge in [0.1, 0.15) is 23.1 Å². The highest BCUT2D eigenvalue weighted by Gasteiger charge is 2.19. The summed E-state index contributed by atoms with van der Waals surface area (Å²) in [5, 5.41) is 12.0. The van der Waals surface area contributed by atoms with E-state index in [1.54, 1.807) is 6.92 Å². The van der Waals surface area contributed by atoms with E-state index in [2.05, 4.69) is 10.3 Å². The SMILES string of the molecule is Cc1nc2ccc(F)cc2c(Nc2c(F)cccc2F)c1CC(=O)O. The number of aryl methyl sites for hydroxylation is 1. The van der Waals surface area contributed by atoms with Crippen LogP contribution in [0.2, 0.25) is 0 Å². The number of carbonyl (C=O) groups is 1. The van der Waals surface area contributed by atoms with Crippen LogP contribution < -0.4 is 5.32 Å². The Balaban J connectivity index is 2.29. The van der Waals surface area contributed by atoms with E-state index in [1.165, 1.54) is 18.2 Å². The van der Waals surface area contributed by atoms with E-state index in [-0.39, 0.29) is 16.6 Å². The lowest BCUT2D eigenvalue weighted by molar-refractivity contribution is -0.136. The van der Waals surface area contributed by atoms with Gasteiger partial charge in [0.15, 0.2) is 0 Å². The summed E-state index contributed by atoms with van der Waals surface area (Å²) >= 11 is 0. The Morgan fingerprint density at radius 3 is 2.44 bits per heavy atom. The van der Waals surface area contributed by atoms with Crippen LogP contribution in [0.5, 0.6) is 0 Å². The quantitative estimate of drug-likeness (QED) is 0.738. The molecule has 0 aliphatic carbocycles. The van der Waals surface area contributed by atoms with Gasteiger partial charge in [-0.2, -0.15) is 0 Å². The van der Waals surface area contributed by atoms with E-state index in [9.17, 15) is 18.0 Å². The minimum atomic E-state index is -1.14. The molecule has 1 aromatic heterocycles. The molecule has 25 heavy (non-hydrogen) atoms. The number of pyridine rings is 1. The molecular weight excluding hydrogens is 333 g/mol. The summed E-state index contributed by atoms with van der Waals surface area (Å²) in [6.07, 6.45) is -0.427. The third-order valence-electron chi connectivity index (χ3n) is 3.80. The molecule has 3 rings (SSSR count). The van der Waals surface area contributed by atoms with Crippen molar-refractivity contribution < 1.29 is 23.1 Å². The minimum Gasteiger partial charge on any atom is -0.481 e. The highest BCUT2D eigenvalue weighted by molar-refractivity contribution is 5.96. The van der Waals surface area contributed by atoms with E-state index >= 15 is 0 Å². The molecule has 0 fully saturated rings. The number of anilines is 2. The number of hydrogen-bond donors (Lipinski definition) is 2. The highest BCUT2D eigenvalue weighted by atomic mass is 19.1. The maximum atomic E-state index is 14.0. The first-order valence-corrected chi connectivity index (χ1v) is 7.38. The molecule has 2 N–H and O–H groups in total. The van der Waals surface area contributed by atoms with Gasteiger partial charge < -0.3 is 10.4 Å². The predicted molar refractivity (Wildman–Crippen MR) is 87.4 cm³/mol. The molecule has 0 saturated heterocycles. The molecule has 0 aliphatic heterocycles. The number of fused-ring (bicyclic) bond motifs is 1. The first-order valence-electron chi connectivity index (χ1n) is 7.38. The molecule has 4 nitrogen and oxygen atoms in total. The van der Waals surface area contributed by atoms with E-state index < -0.39 is 35.5 Å². The summed E-state index contributed by atoms with van der Waals surface area (Å²) in [4.78, 5) is 15.4. The molecule has 128 valence electrons. The van der Waals surface area contributed by atoms with Gasteiger partial charge in [-0.25, -0.2) is 13.2 Å². The second-order valence-electron chi connectivity index (χ2n) is 5.50. The number of nitrogens with zero attached hydrogens (tertiary/aromatic N) is 1. The fourth-order valence-corrected chi connectivity index (χ4v) is 2.65. The van der Waals surface area contributed by atoms with Crippen molar-refractivity contribution >= 4 is 28.2 Å². The Labute approximate surface area is 140 Å². The van der Waals surface area contributed by atoms with Crippen LogP contribution in [0.1, 0.15) is 11.3 Å². The lowest BCUT2D eigenvalue weighted by Gasteiger charge is -2.17. The predicted octanol–water partition coefficient (Wildman–Crippen LogP) is 4.33. The van der Waals surface area contributed by atoms with Crippen molar-refractivity contribution in [3.8, 4) is 0 Å². The minimum absolute atomic E-state index is 0.119. The Morgan fingerprint density at radius 2 is 1.80 bits per heavy atom. The molecule has 0 saturated carbocycles. The molecule has 0 aliphatic rings. The molecule has 1 heterocycles. The first kappa shape index (κ1) is 16.8. The lowest BCUT2D eigenvalue weighted by Crippen LogP contribution is -2.09. The van der Waals surface area contributed by atoms with Gasteiger partial charge in [0.25, 0.3) is 0 Å². The van der Waals surface area contributed by atoms with Crippen molar-refractivity contribution in [1.82, 2.24) is 4.98 Å². The van der Waals surface area contributed by atoms with Crippen molar-refractivity contribution in [1.29, 1.82) is 0 Å². The van der Waals surface area contributed by atoms with Crippen LogP contribution in [0.15, 0.2) is 36.4 Å². The Kier molecular flexibility index (Phi) is 4.31. The summed E-state index contributed by atoms with van der Waals surface area (Å²) < 4.78 is 41.7. The zero-order valence-electron chi connectivity index (χ0n) is 13.1. The number of carboxylic acids is 1. The van der Waals surface area contributed by atoms with Crippen molar-refractivity contribution in [2.75, 3.05) is 5.32 Å². The molecule has 0 amide bonds. The van der Waals surface area contributed by atoms with Gasteiger partial charge in [-0.15, -0.1) is 0 Å². The number of carboxylic acid groups (broad SMARTS) is 1. The molecule has 2 aromatic carbocycles. The summed E-state index contributed by atoms with van der Waals surface area (Å²) in [5.74, 6) is -3.41. The maximum Gasteiger partial charge on any atom is 0.307 e. The number of para-hydroxylation sites is 1. The lowest BCUT2D eigenvalue weighted by atomic mass is 10.0. The Morgan fingerprint density at radius 1 is 1.12 bits per heavy atom. The van der Waals surface area contributed by atoms with E-state index in [4.69, 9.17) is 5.11 Å². The highest BCUT2D eigenvalue weighted by Crippen LogP contribution is 2.33. The van der Waals surface area contributed by atoms with Crippen molar-refractivity contribution in [3.05, 3.63) is 65.1 Å². The van der Waals surface area contributed by atoms with Gasteiger partial charge in [0, 0.05) is 16.6 Å². The van der Waals surface area contributed by atoms with Crippen molar-refractivity contribution in [2.24, 2.45) is 0 Å². The summed E-state index contributed by atoms with van der Waals surface area (Å²) in [6.45, 7) is 1.59. The zero-order valence-corrected chi connectivity index (χ0v) is 13.1. The zero-order chi connectivity index (χ0) is 18.1. The number of rotatable bonds is 4. The fraction of sp³-hybridized carbons (Fsp3) is 0.111. The van der Waals surface area contributed by atoms with Gasteiger partial charge in [-0.3, -0.25) is 9.78 Å². The van der Waals surface area contributed by atoms with Crippen LogP contribution in [0.3, 0.4) is 0 Å². The standard InChI is InChI=1S/C18H13F3N2O2/c1-9-11(8-16(24)25)17(12-7-10(19)5-6-15(12)22-9)23-18-13(20)3-2-4-14(18)21/h2-7H,8H2,1H3,(H,22,23)(H,24,25).